The summed E-state index contributed by atoms with van der Waals surface area (Å²) in [5.74, 6) is -0.552. The molecule has 26 heavy (non-hydrogen) atoms. The first-order valence-corrected chi connectivity index (χ1v) is 8.17. The Hall–Kier alpha value is -3.05. The van der Waals surface area contributed by atoms with Gasteiger partial charge in [-0.1, -0.05) is 29.8 Å². The third-order valence-corrected chi connectivity index (χ3v) is 4.29. The number of rotatable bonds is 4. The molecule has 4 aromatic rings. The smallest absolute Gasteiger partial charge is 0.170 e. The van der Waals surface area contributed by atoms with Gasteiger partial charge in [-0.05, 0) is 30.3 Å². The van der Waals surface area contributed by atoms with Gasteiger partial charge in [0.25, 0.3) is 0 Å². The van der Waals surface area contributed by atoms with Gasteiger partial charge in [0, 0.05) is 23.6 Å². The zero-order chi connectivity index (χ0) is 21.6. The first kappa shape index (κ1) is 12.3. The number of imidazole rings is 1. The van der Waals surface area contributed by atoms with Crippen molar-refractivity contribution in [2.24, 2.45) is 7.05 Å². The average Bonchev–Trinajstić information content (AvgIpc) is 3.16. The molecule has 2 heterocycles. The van der Waals surface area contributed by atoms with Crippen molar-refractivity contribution in [3.63, 3.8) is 0 Å². The molecule has 0 saturated carbocycles. The van der Waals surface area contributed by atoms with Crippen LogP contribution in [0.2, 0.25) is 5.02 Å². The zero-order valence-electron chi connectivity index (χ0n) is 17.7. The van der Waals surface area contributed by atoms with E-state index in [9.17, 15) is 4.79 Å². The number of aromatic nitrogens is 4. The molecule has 0 radical (unpaired) electrons. The minimum Gasteiger partial charge on any atom is -0.334 e. The SMILES string of the molecule is [2H]c1c([2H])c([2H])c(C(=O)Cc2cc3cc(-c4cncn4C)ccc3nn2)c(Cl)c1[2H]. The van der Waals surface area contributed by atoms with Crippen molar-refractivity contribution in [1.29, 1.82) is 0 Å². The Morgan fingerprint density at radius 2 is 2.08 bits per heavy atom. The molecule has 0 fully saturated rings. The van der Waals surface area contributed by atoms with E-state index in [0.717, 1.165) is 16.6 Å². The van der Waals surface area contributed by atoms with E-state index in [2.05, 4.69) is 15.2 Å². The number of ketones is 1. The molecule has 0 bridgehead atoms. The molecule has 0 aliphatic heterocycles. The van der Waals surface area contributed by atoms with Crippen molar-refractivity contribution in [2.45, 2.75) is 6.42 Å². The highest BCUT2D eigenvalue weighted by molar-refractivity contribution is 6.34. The number of hydrogen-bond acceptors (Lipinski definition) is 4. The Labute approximate surface area is 160 Å². The molecule has 0 N–H and O–H groups in total. The van der Waals surface area contributed by atoms with E-state index in [1.807, 2.05) is 29.8 Å². The maximum absolute atomic E-state index is 12.8. The Kier molecular flexibility index (Phi) is 3.17. The topological polar surface area (TPSA) is 60.7 Å². The first-order chi connectivity index (χ1) is 14.3. The van der Waals surface area contributed by atoms with Gasteiger partial charge >= 0.3 is 0 Å². The maximum atomic E-state index is 12.8. The molecule has 0 saturated heterocycles. The number of halogens is 1. The molecule has 0 amide bonds. The number of benzene rings is 2. The summed E-state index contributed by atoms with van der Waals surface area (Å²) >= 11 is 6.05. The molecule has 0 aliphatic carbocycles. The van der Waals surface area contributed by atoms with Crippen LogP contribution in [0, 0.1) is 0 Å². The summed E-state index contributed by atoms with van der Waals surface area (Å²) in [4.78, 5) is 16.9. The molecule has 4 rings (SSSR count). The summed E-state index contributed by atoms with van der Waals surface area (Å²) in [6.45, 7) is 0. The molecule has 0 spiro atoms. The van der Waals surface area contributed by atoms with E-state index >= 15 is 0 Å². The third-order valence-electron chi connectivity index (χ3n) is 4.01. The molecule has 6 heteroatoms. The molecule has 0 aliphatic rings. The van der Waals surface area contributed by atoms with E-state index < -0.39 is 30.0 Å². The van der Waals surface area contributed by atoms with Gasteiger partial charge in [0.15, 0.2) is 5.78 Å². The number of aryl methyl sites for hydroxylation is 1. The molecule has 0 unspecified atom stereocenters. The quantitative estimate of drug-likeness (QED) is 0.510. The van der Waals surface area contributed by atoms with Crippen LogP contribution in [0.4, 0.5) is 0 Å². The number of fused-ring (bicyclic) bond motifs is 1. The van der Waals surface area contributed by atoms with Gasteiger partial charge in [0.1, 0.15) is 0 Å². The van der Waals surface area contributed by atoms with E-state index in [0.29, 0.717) is 11.2 Å². The van der Waals surface area contributed by atoms with Crippen LogP contribution in [-0.4, -0.2) is 25.5 Å². The minimum atomic E-state index is -0.552. The second-order valence-electron chi connectivity index (χ2n) is 5.79. The second kappa shape index (κ2) is 6.69. The van der Waals surface area contributed by atoms with Crippen molar-refractivity contribution in [1.82, 2.24) is 19.7 Å². The van der Waals surface area contributed by atoms with Crippen molar-refractivity contribution in [2.75, 3.05) is 0 Å². The molecule has 2 aromatic heterocycles. The first-order valence-electron chi connectivity index (χ1n) is 9.80. The molecular weight excluding hydrogens is 348 g/mol. The zero-order valence-corrected chi connectivity index (χ0v) is 14.5. The van der Waals surface area contributed by atoms with Crippen LogP contribution >= 0.6 is 11.6 Å². The lowest BCUT2D eigenvalue weighted by atomic mass is 10.0. The Morgan fingerprint density at radius 3 is 2.88 bits per heavy atom. The summed E-state index contributed by atoms with van der Waals surface area (Å²) in [6.07, 6.45) is 3.27. The van der Waals surface area contributed by atoms with Crippen LogP contribution in [-0.2, 0) is 13.5 Å². The van der Waals surface area contributed by atoms with Crippen LogP contribution < -0.4 is 0 Å². The predicted molar refractivity (Wildman–Crippen MR) is 101 cm³/mol. The van der Waals surface area contributed by atoms with Gasteiger partial charge in [0.2, 0.25) is 0 Å². The highest BCUT2D eigenvalue weighted by Gasteiger charge is 2.13. The maximum Gasteiger partial charge on any atom is 0.170 e. The van der Waals surface area contributed by atoms with E-state index in [1.165, 1.54) is 0 Å². The standard InChI is InChI=1S/C20H15ClN4O/c1-25-12-22-11-19(25)13-6-7-18-14(8-13)9-15(23-24-18)10-20(26)16-4-2-3-5-17(16)21/h2-9,11-12H,10H2,1H3/i2D,3D,4D,5D. The van der Waals surface area contributed by atoms with Crippen molar-refractivity contribution < 1.29 is 10.3 Å². The molecule has 5 nitrogen and oxygen atoms in total. The number of Topliss-reactive ketones (excluding diaryl/α,β-unsaturated/α-hetero) is 1. The Balaban J connectivity index is 1.71. The fourth-order valence-electron chi connectivity index (χ4n) is 2.71. The lowest BCUT2D eigenvalue weighted by molar-refractivity contribution is 0.0992. The third kappa shape index (κ3) is 3.09. The van der Waals surface area contributed by atoms with Crippen LogP contribution in [0.1, 0.15) is 21.5 Å². The molecule has 128 valence electrons. The average molecular weight is 367 g/mol. The van der Waals surface area contributed by atoms with Gasteiger partial charge in [-0.15, -0.1) is 0 Å². The fraction of sp³-hybridized carbons (Fsp3) is 0.100. The van der Waals surface area contributed by atoms with E-state index in [-0.39, 0.29) is 17.0 Å². The largest absolute Gasteiger partial charge is 0.334 e. The van der Waals surface area contributed by atoms with Crippen molar-refractivity contribution >= 4 is 28.3 Å². The van der Waals surface area contributed by atoms with Gasteiger partial charge in [-0.25, -0.2) is 4.98 Å². The number of carbonyl (C=O) groups is 1. The fourth-order valence-corrected chi connectivity index (χ4v) is 2.91. The van der Waals surface area contributed by atoms with Crippen molar-refractivity contribution in [3.05, 3.63) is 77.2 Å². The van der Waals surface area contributed by atoms with Crippen LogP contribution in [0.25, 0.3) is 22.2 Å². The van der Waals surface area contributed by atoms with Crippen molar-refractivity contribution in [3.8, 4) is 11.3 Å². The summed E-state index contributed by atoms with van der Waals surface area (Å²) in [5.41, 5.74) is 2.66. The lowest BCUT2D eigenvalue weighted by Crippen LogP contribution is -2.06. The summed E-state index contributed by atoms with van der Waals surface area (Å²) in [6, 6.07) is 5.54. The monoisotopic (exact) mass is 366 g/mol. The van der Waals surface area contributed by atoms with E-state index in [4.69, 9.17) is 17.1 Å². The number of nitrogens with zero attached hydrogens (tertiary/aromatic N) is 4. The Bertz CT molecular complexity index is 1290. The molecule has 2 aromatic carbocycles. The lowest BCUT2D eigenvalue weighted by Gasteiger charge is -2.06. The number of hydrogen-bond donors (Lipinski definition) is 0. The van der Waals surface area contributed by atoms with Crippen LogP contribution in [0.3, 0.4) is 0 Å². The number of carbonyl (C=O) groups excluding carboxylic acids is 1. The highest BCUT2D eigenvalue weighted by Crippen LogP contribution is 2.23. The molecular formula is C20H15ClN4O. The second-order valence-corrected chi connectivity index (χ2v) is 6.17. The van der Waals surface area contributed by atoms with Gasteiger partial charge in [-0.3, -0.25) is 4.79 Å². The van der Waals surface area contributed by atoms with Crippen LogP contribution in [0.5, 0.6) is 0 Å². The van der Waals surface area contributed by atoms with E-state index in [1.54, 1.807) is 18.6 Å². The summed E-state index contributed by atoms with van der Waals surface area (Å²) in [5, 5.41) is 8.73. The Morgan fingerprint density at radius 1 is 1.23 bits per heavy atom. The van der Waals surface area contributed by atoms with Gasteiger partial charge in [0.05, 0.1) is 46.4 Å². The van der Waals surface area contributed by atoms with Crippen LogP contribution in [0.15, 0.2) is 61.0 Å². The van der Waals surface area contributed by atoms with Gasteiger partial charge in [-0.2, -0.15) is 10.2 Å². The summed E-state index contributed by atoms with van der Waals surface area (Å²) in [7, 11) is 1.90. The van der Waals surface area contributed by atoms with Gasteiger partial charge < -0.3 is 4.57 Å². The summed E-state index contributed by atoms with van der Waals surface area (Å²) < 4.78 is 33.1. The normalized spacial score (nSPS) is 13.2. The minimum absolute atomic E-state index is 0.194. The predicted octanol–water partition coefficient (Wildman–Crippen LogP) is 4.11. The highest BCUT2D eigenvalue weighted by atomic mass is 35.5. The molecule has 0 atom stereocenters.